The molecule has 2 heterocycles. The van der Waals surface area contributed by atoms with E-state index < -0.39 is 5.60 Å². The third-order valence-corrected chi connectivity index (χ3v) is 4.55. The van der Waals surface area contributed by atoms with Gasteiger partial charge < -0.3 is 4.74 Å². The summed E-state index contributed by atoms with van der Waals surface area (Å²) in [6.45, 7) is 1.89. The van der Waals surface area contributed by atoms with Crippen molar-refractivity contribution in [2.75, 3.05) is 11.5 Å². The lowest BCUT2D eigenvalue weighted by Gasteiger charge is -2.45. The fourth-order valence-electron chi connectivity index (χ4n) is 3.51. The summed E-state index contributed by atoms with van der Waals surface area (Å²) >= 11 is 0. The first-order valence-electron chi connectivity index (χ1n) is 7.30. The molecule has 0 saturated carbocycles. The Morgan fingerprint density at radius 3 is 2.45 bits per heavy atom. The molecule has 2 aliphatic rings. The van der Waals surface area contributed by atoms with E-state index in [-0.39, 0.29) is 17.7 Å². The molecule has 110 valence electrons. The van der Waals surface area contributed by atoms with E-state index in [1.165, 1.54) is 11.8 Å². The number of hydrogen-bond acceptors (Lipinski definition) is 3. The third kappa shape index (κ3) is 1.50. The number of imide groups is 1. The highest BCUT2D eigenvalue weighted by Crippen LogP contribution is 2.56. The van der Waals surface area contributed by atoms with Crippen LogP contribution in [0.25, 0.3) is 0 Å². The van der Waals surface area contributed by atoms with E-state index in [2.05, 4.69) is 0 Å². The highest BCUT2D eigenvalue weighted by atomic mass is 16.5. The summed E-state index contributed by atoms with van der Waals surface area (Å²) in [5, 5.41) is 0. The van der Waals surface area contributed by atoms with Gasteiger partial charge in [0.1, 0.15) is 0 Å². The number of rotatable bonds is 1. The first-order valence-corrected chi connectivity index (χ1v) is 7.30. The van der Waals surface area contributed by atoms with Crippen molar-refractivity contribution in [1.29, 1.82) is 0 Å². The van der Waals surface area contributed by atoms with Crippen LogP contribution in [-0.4, -0.2) is 18.4 Å². The quantitative estimate of drug-likeness (QED) is 0.812. The van der Waals surface area contributed by atoms with Gasteiger partial charge in [-0.15, -0.1) is 0 Å². The number of para-hydroxylation sites is 1. The SMILES string of the molecule is CC(=O)N1C(=O)[C@]2(OC[C@H]2c2ccccc2)c2ccccc21. The lowest BCUT2D eigenvalue weighted by molar-refractivity contribution is -0.186. The van der Waals surface area contributed by atoms with E-state index in [9.17, 15) is 9.59 Å². The van der Waals surface area contributed by atoms with Gasteiger partial charge in [0.2, 0.25) is 5.91 Å². The van der Waals surface area contributed by atoms with Crippen LogP contribution in [-0.2, 0) is 19.9 Å². The van der Waals surface area contributed by atoms with Gasteiger partial charge in [-0.2, -0.15) is 0 Å². The van der Waals surface area contributed by atoms with E-state index >= 15 is 0 Å². The first kappa shape index (κ1) is 13.2. The fraction of sp³-hybridized carbons (Fsp3) is 0.222. The summed E-state index contributed by atoms with van der Waals surface area (Å²) in [7, 11) is 0. The Morgan fingerprint density at radius 1 is 1.14 bits per heavy atom. The highest BCUT2D eigenvalue weighted by Gasteiger charge is 2.63. The zero-order valence-corrected chi connectivity index (χ0v) is 12.2. The van der Waals surface area contributed by atoms with Crippen LogP contribution in [0, 0.1) is 0 Å². The van der Waals surface area contributed by atoms with Gasteiger partial charge in [-0.3, -0.25) is 9.59 Å². The predicted molar refractivity (Wildman–Crippen MR) is 81.4 cm³/mol. The molecular weight excluding hydrogens is 278 g/mol. The van der Waals surface area contributed by atoms with Crippen LogP contribution in [0.4, 0.5) is 5.69 Å². The molecule has 1 fully saturated rings. The third-order valence-electron chi connectivity index (χ3n) is 4.55. The van der Waals surface area contributed by atoms with E-state index in [1.54, 1.807) is 6.07 Å². The smallest absolute Gasteiger partial charge is 0.271 e. The summed E-state index contributed by atoms with van der Waals surface area (Å²) in [6, 6.07) is 17.2. The van der Waals surface area contributed by atoms with Crippen LogP contribution in [0.2, 0.25) is 0 Å². The Labute approximate surface area is 128 Å². The molecule has 0 aromatic heterocycles. The summed E-state index contributed by atoms with van der Waals surface area (Å²) in [6.07, 6.45) is 0. The maximum Gasteiger partial charge on any atom is 0.271 e. The molecule has 2 aromatic carbocycles. The lowest BCUT2D eigenvalue weighted by atomic mass is 9.74. The predicted octanol–water partition coefficient (Wildman–Crippen LogP) is 2.59. The van der Waals surface area contributed by atoms with Crippen LogP contribution < -0.4 is 4.90 Å². The van der Waals surface area contributed by atoms with Crippen molar-refractivity contribution in [2.24, 2.45) is 0 Å². The normalized spacial score (nSPS) is 26.0. The molecule has 0 unspecified atom stereocenters. The molecule has 1 saturated heterocycles. The standard InChI is InChI=1S/C18H15NO3/c1-12(20)19-16-10-6-5-9-14(16)18(17(19)21)15(11-22-18)13-7-3-2-4-8-13/h2-10,15H,11H2,1H3/t15-,18-/m0/s1. The Hall–Kier alpha value is -2.46. The summed E-state index contributed by atoms with van der Waals surface area (Å²) in [5.41, 5.74) is 1.43. The van der Waals surface area contributed by atoms with E-state index in [1.807, 2.05) is 48.5 Å². The fourth-order valence-corrected chi connectivity index (χ4v) is 3.51. The molecule has 0 aliphatic carbocycles. The maximum absolute atomic E-state index is 13.0. The van der Waals surface area contributed by atoms with Crippen molar-refractivity contribution < 1.29 is 14.3 Å². The summed E-state index contributed by atoms with van der Waals surface area (Å²) < 4.78 is 5.82. The molecule has 4 heteroatoms. The maximum atomic E-state index is 13.0. The topological polar surface area (TPSA) is 46.6 Å². The molecule has 22 heavy (non-hydrogen) atoms. The van der Waals surface area contributed by atoms with Crippen molar-refractivity contribution in [3.05, 3.63) is 65.7 Å². The number of carbonyl (C=O) groups is 2. The van der Waals surface area contributed by atoms with Gasteiger partial charge in [-0.25, -0.2) is 4.90 Å². The second-order valence-electron chi connectivity index (χ2n) is 5.69. The number of anilines is 1. The van der Waals surface area contributed by atoms with Crippen LogP contribution in [0.15, 0.2) is 54.6 Å². The van der Waals surface area contributed by atoms with Crippen LogP contribution >= 0.6 is 0 Å². The molecule has 2 aromatic rings. The zero-order chi connectivity index (χ0) is 15.3. The minimum absolute atomic E-state index is 0.0632. The second kappa shape index (κ2) is 4.52. The molecule has 2 amide bonds. The number of amides is 2. The van der Waals surface area contributed by atoms with Crippen molar-refractivity contribution in [1.82, 2.24) is 0 Å². The van der Waals surface area contributed by atoms with Crippen molar-refractivity contribution >= 4 is 17.5 Å². The molecule has 0 N–H and O–H groups in total. The summed E-state index contributed by atoms with van der Waals surface area (Å²) in [4.78, 5) is 26.2. The number of fused-ring (bicyclic) bond motifs is 2. The van der Waals surface area contributed by atoms with Gasteiger partial charge in [0.15, 0.2) is 5.60 Å². The van der Waals surface area contributed by atoms with Crippen LogP contribution in [0.1, 0.15) is 24.0 Å². The molecule has 4 rings (SSSR count). The van der Waals surface area contributed by atoms with Gasteiger partial charge in [0.05, 0.1) is 18.2 Å². The lowest BCUT2D eigenvalue weighted by Crippen LogP contribution is -2.56. The molecule has 0 radical (unpaired) electrons. The average molecular weight is 293 g/mol. The Bertz CT molecular complexity index is 771. The zero-order valence-electron chi connectivity index (χ0n) is 12.2. The average Bonchev–Trinajstić information content (AvgIpc) is 2.77. The minimum atomic E-state index is -1.05. The number of ether oxygens (including phenoxy) is 1. The van der Waals surface area contributed by atoms with Gasteiger partial charge in [0, 0.05) is 12.5 Å². The Morgan fingerprint density at radius 2 is 1.82 bits per heavy atom. The number of hydrogen-bond donors (Lipinski definition) is 0. The van der Waals surface area contributed by atoms with Crippen molar-refractivity contribution in [3.63, 3.8) is 0 Å². The Kier molecular flexibility index (Phi) is 2.71. The van der Waals surface area contributed by atoms with Crippen molar-refractivity contribution in [3.8, 4) is 0 Å². The second-order valence-corrected chi connectivity index (χ2v) is 5.69. The van der Waals surface area contributed by atoms with E-state index in [4.69, 9.17) is 4.74 Å². The largest absolute Gasteiger partial charge is 0.359 e. The highest BCUT2D eigenvalue weighted by molar-refractivity contribution is 6.22. The van der Waals surface area contributed by atoms with E-state index in [0.29, 0.717) is 12.3 Å². The molecular formula is C18H15NO3. The number of benzene rings is 2. The molecule has 2 atom stereocenters. The van der Waals surface area contributed by atoms with Crippen LogP contribution in [0.5, 0.6) is 0 Å². The molecule has 4 nitrogen and oxygen atoms in total. The summed E-state index contributed by atoms with van der Waals surface area (Å²) in [5.74, 6) is -0.621. The van der Waals surface area contributed by atoms with E-state index in [0.717, 1.165) is 11.1 Å². The van der Waals surface area contributed by atoms with Gasteiger partial charge >= 0.3 is 0 Å². The van der Waals surface area contributed by atoms with Gasteiger partial charge in [0.25, 0.3) is 5.91 Å². The first-order chi connectivity index (χ1) is 10.7. The van der Waals surface area contributed by atoms with Crippen molar-refractivity contribution in [2.45, 2.75) is 18.4 Å². The van der Waals surface area contributed by atoms with Crippen LogP contribution in [0.3, 0.4) is 0 Å². The Balaban J connectivity index is 1.89. The molecule has 0 bridgehead atoms. The minimum Gasteiger partial charge on any atom is -0.359 e. The molecule has 1 spiro atoms. The molecule has 2 aliphatic heterocycles. The monoisotopic (exact) mass is 293 g/mol. The van der Waals surface area contributed by atoms with Gasteiger partial charge in [-0.05, 0) is 11.6 Å². The number of carbonyl (C=O) groups excluding carboxylic acids is 2. The number of nitrogens with zero attached hydrogens (tertiary/aromatic N) is 1. The van der Waals surface area contributed by atoms with Gasteiger partial charge in [-0.1, -0.05) is 48.5 Å².